The van der Waals surface area contributed by atoms with Crippen molar-refractivity contribution < 1.29 is 9.59 Å². The van der Waals surface area contributed by atoms with Crippen molar-refractivity contribution in [2.75, 3.05) is 6.54 Å². The number of nitrogens with two attached hydrogens (primary N) is 1. The highest BCUT2D eigenvalue weighted by molar-refractivity contribution is 6.42. The Labute approximate surface area is 215 Å². The molecule has 5 aliphatic rings. The summed E-state index contributed by atoms with van der Waals surface area (Å²) < 4.78 is 1.79. The lowest BCUT2D eigenvalue weighted by Gasteiger charge is -2.65. The van der Waals surface area contributed by atoms with Crippen LogP contribution in [0.5, 0.6) is 0 Å². The fourth-order valence-corrected chi connectivity index (χ4v) is 8.79. The average Bonchev–Trinajstić information content (AvgIpc) is 3.11. The van der Waals surface area contributed by atoms with Crippen molar-refractivity contribution in [3.63, 3.8) is 0 Å². The van der Waals surface area contributed by atoms with Gasteiger partial charge in [0.25, 0.3) is 5.91 Å². The van der Waals surface area contributed by atoms with Crippen LogP contribution in [0.4, 0.5) is 4.79 Å². The van der Waals surface area contributed by atoms with Gasteiger partial charge in [0.15, 0.2) is 0 Å². The number of carbonyl (C=O) groups excluding carboxylic acids is 2. The highest BCUT2D eigenvalue weighted by atomic mass is 35.5. The molecule has 2 unspecified atom stereocenters. The summed E-state index contributed by atoms with van der Waals surface area (Å²) in [6.07, 6.45) is 7.00. The van der Waals surface area contributed by atoms with E-state index in [0.717, 1.165) is 19.3 Å². The molecule has 2 aromatic rings. The minimum atomic E-state index is -0.573. The van der Waals surface area contributed by atoms with Crippen LogP contribution in [0.1, 0.15) is 68.4 Å². The van der Waals surface area contributed by atoms with E-state index in [2.05, 4.69) is 24.3 Å². The molecule has 9 heteroatoms. The maximum atomic E-state index is 13.6. The topological polar surface area (TPSA) is 93.2 Å². The van der Waals surface area contributed by atoms with Crippen LogP contribution in [-0.2, 0) is 13.1 Å². The van der Waals surface area contributed by atoms with Gasteiger partial charge in [-0.25, -0.2) is 4.79 Å². The maximum Gasteiger partial charge on any atom is 0.318 e. The van der Waals surface area contributed by atoms with Crippen molar-refractivity contribution in [3.8, 4) is 11.3 Å². The number of nitrogens with zero attached hydrogens (tertiary/aromatic N) is 3. The third-order valence-corrected chi connectivity index (χ3v) is 9.44. The van der Waals surface area contributed by atoms with Crippen LogP contribution in [0.3, 0.4) is 0 Å². The number of amides is 3. The predicted octanol–water partition coefficient (Wildman–Crippen LogP) is 5.23. The van der Waals surface area contributed by atoms with Gasteiger partial charge >= 0.3 is 6.03 Å². The standard InChI is InChI=1S/C26H31Cl2N5O2/c1-24-8-15-9-25(2,12-24)14-26(10-15,13-24)30-23(35)32-5-6-33-19(11-32)20(22(29)34)21(31-33)16-3-4-17(27)18(28)7-16/h3-4,7,15H,5-6,8-14H2,1-2H3,(H2,29,34)(H,30,35). The van der Waals surface area contributed by atoms with Gasteiger partial charge in [0.05, 0.1) is 34.4 Å². The van der Waals surface area contributed by atoms with E-state index >= 15 is 0 Å². The Balaban J connectivity index is 1.27. The van der Waals surface area contributed by atoms with E-state index < -0.39 is 5.91 Å². The monoisotopic (exact) mass is 515 g/mol. The number of halogens is 2. The second-order valence-electron chi connectivity index (χ2n) is 12.1. The summed E-state index contributed by atoms with van der Waals surface area (Å²) in [6.45, 7) is 6.11. The summed E-state index contributed by atoms with van der Waals surface area (Å²) in [5, 5.41) is 8.95. The van der Waals surface area contributed by atoms with E-state index in [4.69, 9.17) is 28.9 Å². The molecule has 0 saturated heterocycles. The Morgan fingerprint density at radius 3 is 2.40 bits per heavy atom. The lowest BCUT2D eigenvalue weighted by atomic mass is 9.43. The van der Waals surface area contributed by atoms with Crippen LogP contribution >= 0.6 is 23.2 Å². The number of fused-ring (bicyclic) bond motifs is 1. The molecule has 4 fully saturated rings. The van der Waals surface area contributed by atoms with Gasteiger partial charge in [0.1, 0.15) is 5.69 Å². The molecule has 4 aliphatic carbocycles. The molecule has 0 spiro atoms. The zero-order valence-electron chi connectivity index (χ0n) is 20.2. The van der Waals surface area contributed by atoms with Crippen LogP contribution < -0.4 is 11.1 Å². The van der Waals surface area contributed by atoms with Crippen molar-refractivity contribution in [2.45, 2.75) is 71.0 Å². The number of benzene rings is 1. The van der Waals surface area contributed by atoms with Crippen molar-refractivity contribution in [1.82, 2.24) is 20.0 Å². The first-order chi connectivity index (χ1) is 16.5. The first-order valence-electron chi connectivity index (χ1n) is 12.4. The number of hydrogen-bond donors (Lipinski definition) is 2. The summed E-state index contributed by atoms with van der Waals surface area (Å²) in [5.41, 5.74) is 8.43. The number of primary amides is 1. The number of urea groups is 1. The van der Waals surface area contributed by atoms with E-state index in [1.165, 1.54) is 19.3 Å². The number of rotatable bonds is 3. The Morgan fingerprint density at radius 1 is 1.06 bits per heavy atom. The SMILES string of the molecule is CC12CC3CC(C)(C1)CC(NC(=O)N1CCn4nc(-c5ccc(Cl)c(Cl)c5)c(C(N)=O)c4C1)(C3)C2. The normalized spacial score (nSPS) is 33.0. The molecule has 0 radical (unpaired) electrons. The highest BCUT2D eigenvalue weighted by Crippen LogP contribution is 2.66. The van der Waals surface area contributed by atoms with Crippen molar-refractivity contribution in [2.24, 2.45) is 22.5 Å². The molecule has 186 valence electrons. The van der Waals surface area contributed by atoms with Gasteiger partial charge in [0, 0.05) is 17.6 Å². The molecule has 3 N–H and O–H groups in total. The van der Waals surface area contributed by atoms with Gasteiger partial charge in [-0.15, -0.1) is 0 Å². The van der Waals surface area contributed by atoms with E-state index in [0.29, 0.717) is 62.4 Å². The summed E-state index contributed by atoms with van der Waals surface area (Å²) in [6, 6.07) is 5.07. The lowest BCUT2D eigenvalue weighted by molar-refractivity contribution is -0.114. The van der Waals surface area contributed by atoms with Gasteiger partial charge in [-0.05, 0) is 67.4 Å². The number of hydrogen-bond acceptors (Lipinski definition) is 3. The molecular formula is C26H31Cl2N5O2. The number of nitrogens with one attached hydrogen (secondary N) is 1. The van der Waals surface area contributed by atoms with Crippen molar-refractivity contribution in [1.29, 1.82) is 0 Å². The Hall–Kier alpha value is -2.25. The third-order valence-electron chi connectivity index (χ3n) is 8.71. The third kappa shape index (κ3) is 3.82. The quantitative estimate of drug-likeness (QED) is 0.585. The maximum absolute atomic E-state index is 13.6. The fourth-order valence-electron chi connectivity index (χ4n) is 8.49. The molecule has 35 heavy (non-hydrogen) atoms. The first kappa shape index (κ1) is 23.2. The Morgan fingerprint density at radius 2 is 1.77 bits per heavy atom. The molecule has 1 aromatic heterocycles. The number of aromatic nitrogens is 2. The second-order valence-corrected chi connectivity index (χ2v) is 13.0. The van der Waals surface area contributed by atoms with Crippen molar-refractivity contribution in [3.05, 3.63) is 39.5 Å². The molecule has 2 atom stereocenters. The molecular weight excluding hydrogens is 485 g/mol. The molecule has 2 heterocycles. The van der Waals surface area contributed by atoms with Crippen LogP contribution in [-0.4, -0.2) is 38.7 Å². The van der Waals surface area contributed by atoms with E-state index in [9.17, 15) is 9.59 Å². The second kappa shape index (κ2) is 7.62. The van der Waals surface area contributed by atoms with Crippen molar-refractivity contribution >= 4 is 35.1 Å². The molecule has 1 aromatic carbocycles. The molecule has 4 saturated carbocycles. The van der Waals surface area contributed by atoms with Crippen LogP contribution in [0, 0.1) is 16.7 Å². The van der Waals surface area contributed by atoms with Crippen LogP contribution in [0.15, 0.2) is 18.2 Å². The first-order valence-corrected chi connectivity index (χ1v) is 13.1. The average molecular weight is 516 g/mol. The van der Waals surface area contributed by atoms with Gasteiger partial charge in [0.2, 0.25) is 0 Å². The zero-order chi connectivity index (χ0) is 24.8. The molecule has 7 rings (SSSR count). The fraction of sp³-hybridized carbons (Fsp3) is 0.577. The van der Waals surface area contributed by atoms with E-state index in [-0.39, 0.29) is 18.1 Å². The smallest absolute Gasteiger partial charge is 0.318 e. The summed E-state index contributed by atoms with van der Waals surface area (Å²) in [4.78, 5) is 27.9. The van der Waals surface area contributed by atoms with Gasteiger partial charge in [-0.1, -0.05) is 43.1 Å². The molecule has 7 nitrogen and oxygen atoms in total. The highest BCUT2D eigenvalue weighted by Gasteiger charge is 2.60. The predicted molar refractivity (Wildman–Crippen MR) is 135 cm³/mol. The van der Waals surface area contributed by atoms with Gasteiger partial charge in [-0.2, -0.15) is 5.10 Å². The van der Waals surface area contributed by atoms with Gasteiger partial charge < -0.3 is 16.0 Å². The minimum Gasteiger partial charge on any atom is -0.365 e. The minimum absolute atomic E-state index is 0.0573. The Kier molecular flexibility index (Phi) is 5.05. The number of carbonyl (C=O) groups is 2. The van der Waals surface area contributed by atoms with Crippen LogP contribution in [0.25, 0.3) is 11.3 Å². The summed E-state index contributed by atoms with van der Waals surface area (Å²) in [5.74, 6) is 0.121. The summed E-state index contributed by atoms with van der Waals surface area (Å²) >= 11 is 12.3. The molecule has 1 aliphatic heterocycles. The molecule has 3 amide bonds. The largest absolute Gasteiger partial charge is 0.365 e. The lowest BCUT2D eigenvalue weighted by Crippen LogP contribution is -2.66. The molecule has 4 bridgehead atoms. The van der Waals surface area contributed by atoms with E-state index in [1.807, 2.05) is 0 Å². The zero-order valence-corrected chi connectivity index (χ0v) is 21.7. The van der Waals surface area contributed by atoms with Gasteiger partial charge in [-0.3, -0.25) is 9.48 Å². The summed E-state index contributed by atoms with van der Waals surface area (Å²) in [7, 11) is 0. The van der Waals surface area contributed by atoms with Crippen LogP contribution in [0.2, 0.25) is 10.0 Å². The Bertz CT molecular complexity index is 1240. The van der Waals surface area contributed by atoms with E-state index in [1.54, 1.807) is 27.8 Å².